The molecule has 2 rings (SSSR count). The first-order valence-corrected chi connectivity index (χ1v) is 8.58. The van der Waals surface area contributed by atoms with Crippen LogP contribution < -0.4 is 10.1 Å². The minimum Gasteiger partial charge on any atom is -0.493 e. The Balaban J connectivity index is 1.80. The van der Waals surface area contributed by atoms with E-state index in [9.17, 15) is 4.79 Å². The molecule has 0 saturated heterocycles. The summed E-state index contributed by atoms with van der Waals surface area (Å²) < 4.78 is 5.92. The molecule has 5 heteroatoms. The maximum Gasteiger partial charge on any atom is 0.304 e. The molecular weight excluding hydrogens is 316 g/mol. The summed E-state index contributed by atoms with van der Waals surface area (Å²) >= 11 is 0. The second-order valence-electron chi connectivity index (χ2n) is 6.65. The molecule has 25 heavy (non-hydrogen) atoms. The van der Waals surface area contributed by atoms with E-state index in [0.717, 1.165) is 36.5 Å². The van der Waals surface area contributed by atoms with Crippen molar-refractivity contribution >= 4 is 11.8 Å². The molecule has 0 aliphatic rings. The van der Waals surface area contributed by atoms with E-state index >= 15 is 0 Å². The summed E-state index contributed by atoms with van der Waals surface area (Å²) in [6, 6.07) is 13.5. The van der Waals surface area contributed by atoms with Gasteiger partial charge in [-0.1, -0.05) is 38.1 Å². The van der Waals surface area contributed by atoms with Crippen molar-refractivity contribution in [3.63, 3.8) is 0 Å². The Labute approximate surface area is 149 Å². The van der Waals surface area contributed by atoms with Crippen molar-refractivity contribution in [2.24, 2.45) is 0 Å². The number of hydrogen-bond acceptors (Lipinski definition) is 4. The highest BCUT2D eigenvalue weighted by molar-refractivity contribution is 5.69. The van der Waals surface area contributed by atoms with Crippen molar-refractivity contribution in [2.75, 3.05) is 18.5 Å². The first-order valence-electron chi connectivity index (χ1n) is 8.58. The number of carboxylic acid groups (broad SMARTS) is 1. The molecule has 2 N–H and O–H groups in total. The number of aliphatic carboxylic acids is 1. The highest BCUT2D eigenvalue weighted by atomic mass is 16.5. The summed E-state index contributed by atoms with van der Waals surface area (Å²) in [4.78, 5) is 15.3. The van der Waals surface area contributed by atoms with Crippen LogP contribution in [0.25, 0.3) is 0 Å². The second kappa shape index (κ2) is 9.06. The molecule has 1 heterocycles. The van der Waals surface area contributed by atoms with E-state index in [0.29, 0.717) is 6.61 Å². The Morgan fingerprint density at radius 3 is 2.64 bits per heavy atom. The fraction of sp³-hybridized carbons (Fsp3) is 0.400. The van der Waals surface area contributed by atoms with Crippen LogP contribution in [0.2, 0.25) is 0 Å². The monoisotopic (exact) mass is 342 g/mol. The minimum atomic E-state index is -0.805. The zero-order chi connectivity index (χ0) is 18.1. The van der Waals surface area contributed by atoms with Crippen LogP contribution >= 0.6 is 0 Å². The Morgan fingerprint density at radius 2 is 1.92 bits per heavy atom. The quantitative estimate of drug-likeness (QED) is 0.636. The number of unbranched alkanes of at least 4 members (excludes halogenated alkanes) is 1. The molecule has 0 aliphatic heterocycles. The summed E-state index contributed by atoms with van der Waals surface area (Å²) in [7, 11) is 0. The van der Waals surface area contributed by atoms with Gasteiger partial charge in [0.2, 0.25) is 0 Å². The van der Waals surface area contributed by atoms with Crippen LogP contribution in [0.1, 0.15) is 38.7 Å². The molecule has 0 bridgehead atoms. The van der Waals surface area contributed by atoms with Crippen LogP contribution in [0.15, 0.2) is 48.7 Å². The van der Waals surface area contributed by atoms with Gasteiger partial charge in [-0.2, -0.15) is 0 Å². The fourth-order valence-electron chi connectivity index (χ4n) is 2.72. The number of pyridine rings is 1. The number of benzene rings is 1. The van der Waals surface area contributed by atoms with Crippen LogP contribution in [0, 0.1) is 0 Å². The van der Waals surface area contributed by atoms with Crippen molar-refractivity contribution in [3.8, 4) is 5.75 Å². The number of para-hydroxylation sites is 1. The smallest absolute Gasteiger partial charge is 0.304 e. The topological polar surface area (TPSA) is 71.5 Å². The number of ether oxygens (including phenoxy) is 1. The summed E-state index contributed by atoms with van der Waals surface area (Å²) in [5, 5.41) is 12.4. The molecular formula is C20H26N2O3. The van der Waals surface area contributed by atoms with Crippen LogP contribution in [0.4, 0.5) is 5.82 Å². The minimum absolute atomic E-state index is 0.0708. The van der Waals surface area contributed by atoms with Crippen molar-refractivity contribution in [1.82, 2.24) is 4.98 Å². The lowest BCUT2D eigenvalue weighted by Crippen LogP contribution is -2.22. The summed E-state index contributed by atoms with van der Waals surface area (Å²) in [5.74, 6) is 0.844. The number of nitrogens with one attached hydrogen (secondary N) is 1. The summed E-state index contributed by atoms with van der Waals surface area (Å²) in [6.45, 7) is 5.30. The van der Waals surface area contributed by atoms with E-state index < -0.39 is 11.4 Å². The summed E-state index contributed by atoms with van der Waals surface area (Å²) in [5.41, 5.74) is 0.465. The molecule has 0 amide bonds. The standard InChI is InChI=1S/C20H26N2O3/c1-20(2,15-19(23)24)16-9-3-4-10-17(16)25-14-8-7-13-22-18-11-5-6-12-21-18/h3-6,9-12H,7-8,13-15H2,1-2H3,(H,21,22)(H,23,24). The third kappa shape index (κ3) is 6.10. The number of rotatable bonds is 10. The van der Waals surface area contributed by atoms with Crippen LogP contribution in [0.3, 0.4) is 0 Å². The van der Waals surface area contributed by atoms with Gasteiger partial charge < -0.3 is 15.2 Å². The average Bonchev–Trinajstić information content (AvgIpc) is 2.58. The maximum atomic E-state index is 11.1. The number of anilines is 1. The van der Waals surface area contributed by atoms with Crippen molar-refractivity contribution < 1.29 is 14.6 Å². The van der Waals surface area contributed by atoms with Gasteiger partial charge in [0.25, 0.3) is 0 Å². The number of carbonyl (C=O) groups is 1. The molecule has 1 aromatic carbocycles. The van der Waals surface area contributed by atoms with Gasteiger partial charge in [0.05, 0.1) is 13.0 Å². The highest BCUT2D eigenvalue weighted by Gasteiger charge is 2.27. The fourth-order valence-corrected chi connectivity index (χ4v) is 2.72. The third-order valence-corrected chi connectivity index (χ3v) is 4.01. The SMILES string of the molecule is CC(C)(CC(=O)O)c1ccccc1OCCCCNc1ccccn1. The van der Waals surface area contributed by atoms with Crippen molar-refractivity contribution in [1.29, 1.82) is 0 Å². The average molecular weight is 342 g/mol. The lowest BCUT2D eigenvalue weighted by atomic mass is 9.81. The van der Waals surface area contributed by atoms with E-state index in [1.165, 1.54) is 0 Å². The first-order chi connectivity index (χ1) is 12.0. The number of carboxylic acids is 1. The first kappa shape index (κ1) is 18.8. The second-order valence-corrected chi connectivity index (χ2v) is 6.65. The van der Waals surface area contributed by atoms with Crippen molar-refractivity contribution in [3.05, 3.63) is 54.2 Å². The molecule has 0 fully saturated rings. The molecule has 5 nitrogen and oxygen atoms in total. The zero-order valence-corrected chi connectivity index (χ0v) is 14.9. The highest BCUT2D eigenvalue weighted by Crippen LogP contribution is 2.34. The van der Waals surface area contributed by atoms with Gasteiger partial charge in [0.15, 0.2) is 0 Å². The van der Waals surface area contributed by atoms with Crippen molar-refractivity contribution in [2.45, 2.75) is 38.5 Å². The third-order valence-electron chi connectivity index (χ3n) is 4.01. The van der Waals surface area contributed by atoms with E-state index in [1.54, 1.807) is 6.20 Å². The van der Waals surface area contributed by atoms with Gasteiger partial charge in [-0.25, -0.2) is 4.98 Å². The molecule has 1 aromatic heterocycles. The Morgan fingerprint density at radius 1 is 1.16 bits per heavy atom. The van der Waals surface area contributed by atoms with Gasteiger partial charge in [-0.05, 0) is 31.0 Å². The van der Waals surface area contributed by atoms with Gasteiger partial charge >= 0.3 is 5.97 Å². The largest absolute Gasteiger partial charge is 0.493 e. The van der Waals surface area contributed by atoms with Gasteiger partial charge in [-0.3, -0.25) is 4.79 Å². The molecule has 0 spiro atoms. The Kier molecular flexibility index (Phi) is 6.81. The lowest BCUT2D eigenvalue weighted by Gasteiger charge is -2.25. The van der Waals surface area contributed by atoms with Crippen LogP contribution in [-0.2, 0) is 10.2 Å². The van der Waals surface area contributed by atoms with Crippen LogP contribution in [-0.4, -0.2) is 29.2 Å². The van der Waals surface area contributed by atoms with Crippen LogP contribution in [0.5, 0.6) is 5.75 Å². The molecule has 134 valence electrons. The normalized spacial score (nSPS) is 11.1. The van der Waals surface area contributed by atoms with E-state index in [-0.39, 0.29) is 6.42 Å². The molecule has 0 unspecified atom stereocenters. The predicted molar refractivity (Wildman–Crippen MR) is 99.2 cm³/mol. The predicted octanol–water partition coefficient (Wildman–Crippen LogP) is 4.11. The summed E-state index contributed by atoms with van der Waals surface area (Å²) in [6.07, 6.45) is 3.72. The molecule has 0 radical (unpaired) electrons. The van der Waals surface area contributed by atoms with Gasteiger partial charge in [-0.15, -0.1) is 0 Å². The van der Waals surface area contributed by atoms with Gasteiger partial charge in [0.1, 0.15) is 11.6 Å². The number of hydrogen-bond donors (Lipinski definition) is 2. The Hall–Kier alpha value is -2.56. The number of nitrogens with zero attached hydrogens (tertiary/aromatic N) is 1. The lowest BCUT2D eigenvalue weighted by molar-refractivity contribution is -0.138. The van der Waals surface area contributed by atoms with E-state index in [1.807, 2.05) is 56.3 Å². The zero-order valence-electron chi connectivity index (χ0n) is 14.9. The molecule has 0 saturated carbocycles. The van der Waals surface area contributed by atoms with E-state index in [4.69, 9.17) is 9.84 Å². The van der Waals surface area contributed by atoms with E-state index in [2.05, 4.69) is 10.3 Å². The van der Waals surface area contributed by atoms with Gasteiger partial charge in [0, 0.05) is 23.7 Å². The molecule has 0 atom stereocenters. The maximum absolute atomic E-state index is 11.1. The number of aromatic nitrogens is 1. The molecule has 2 aromatic rings. The Bertz CT molecular complexity index is 672. The molecule has 0 aliphatic carbocycles.